The van der Waals surface area contributed by atoms with E-state index in [1.807, 2.05) is 30.3 Å². The van der Waals surface area contributed by atoms with Gasteiger partial charge in [-0.1, -0.05) is 59.2 Å². The van der Waals surface area contributed by atoms with Crippen molar-refractivity contribution in [2.75, 3.05) is 6.54 Å². The number of phenols is 1. The van der Waals surface area contributed by atoms with Crippen molar-refractivity contribution >= 4 is 29.1 Å². The van der Waals surface area contributed by atoms with Gasteiger partial charge in [0.05, 0.1) is 6.54 Å². The minimum atomic E-state index is -0.474. The van der Waals surface area contributed by atoms with Crippen LogP contribution in [-0.4, -0.2) is 45.4 Å². The van der Waals surface area contributed by atoms with Crippen LogP contribution in [0.1, 0.15) is 24.0 Å². The van der Waals surface area contributed by atoms with Crippen LogP contribution in [0.15, 0.2) is 59.8 Å². The van der Waals surface area contributed by atoms with Gasteiger partial charge in [0.25, 0.3) is 6.41 Å². The summed E-state index contributed by atoms with van der Waals surface area (Å²) in [6.45, 7) is 0.172. The lowest BCUT2D eigenvalue weighted by atomic mass is 10.1. The molecule has 0 aliphatic carbocycles. The Labute approximate surface area is 179 Å². The third-order valence-corrected chi connectivity index (χ3v) is 4.68. The number of aromatic hydroxyl groups is 1. The number of nitrogens with zero attached hydrogens (tertiary/aromatic N) is 3. The number of hydrogen-bond acceptors (Lipinski definition) is 6. The Hall–Kier alpha value is -3.10. The molecule has 30 heavy (non-hydrogen) atoms. The number of carbonyl (C=O) groups excluding carboxylic acids is 2. The van der Waals surface area contributed by atoms with Crippen LogP contribution < -0.4 is 0 Å². The number of amides is 2. The Kier molecular flexibility index (Phi) is 7.64. The molecule has 3 rings (SSSR count). The van der Waals surface area contributed by atoms with Gasteiger partial charge in [0.15, 0.2) is 6.10 Å². The van der Waals surface area contributed by atoms with Crippen molar-refractivity contribution in [3.05, 3.63) is 65.7 Å². The number of hydroxylamine groups is 1. The quantitative estimate of drug-likeness (QED) is 0.461. The van der Waals surface area contributed by atoms with Gasteiger partial charge in [0.1, 0.15) is 17.5 Å². The van der Waals surface area contributed by atoms with E-state index in [-0.39, 0.29) is 31.2 Å². The van der Waals surface area contributed by atoms with Gasteiger partial charge >= 0.3 is 0 Å². The summed E-state index contributed by atoms with van der Waals surface area (Å²) >= 11 is 5.87. The maximum absolute atomic E-state index is 12.9. The van der Waals surface area contributed by atoms with Gasteiger partial charge in [-0.2, -0.15) is 0 Å². The summed E-state index contributed by atoms with van der Waals surface area (Å²) < 4.78 is 0. The Balaban J connectivity index is 1.66. The highest BCUT2D eigenvalue weighted by Crippen LogP contribution is 2.17. The number of aryl methyl sites for hydroxylation is 1. The van der Waals surface area contributed by atoms with Crippen molar-refractivity contribution in [1.29, 1.82) is 0 Å². The van der Waals surface area contributed by atoms with E-state index in [1.54, 1.807) is 24.3 Å². The molecule has 1 atom stereocenters. The number of phenolic OH excluding ortho intramolecular Hbond substituents is 1. The van der Waals surface area contributed by atoms with Crippen LogP contribution in [0, 0.1) is 0 Å². The molecule has 1 unspecified atom stereocenters. The monoisotopic (exact) mass is 431 g/mol. The molecule has 1 aliphatic heterocycles. The lowest BCUT2D eigenvalue weighted by Gasteiger charge is -2.31. The van der Waals surface area contributed by atoms with Crippen molar-refractivity contribution in [2.24, 2.45) is 5.16 Å². The number of hydrogen-bond donors (Lipinski definition) is 1. The SMILES string of the molecule is O=CN(OCc1ccccc1)N(CC1CC(Cl)=NO1)C(=O)CCc1ccc(O)cc1. The fourth-order valence-corrected chi connectivity index (χ4v) is 3.10. The van der Waals surface area contributed by atoms with Crippen LogP contribution >= 0.6 is 11.6 Å². The Morgan fingerprint density at radius 3 is 2.57 bits per heavy atom. The number of halogens is 1. The minimum absolute atomic E-state index is 0.0572. The zero-order chi connectivity index (χ0) is 21.3. The molecule has 158 valence electrons. The van der Waals surface area contributed by atoms with Crippen LogP contribution in [-0.2, 0) is 32.3 Å². The Morgan fingerprint density at radius 2 is 1.93 bits per heavy atom. The smallest absolute Gasteiger partial charge is 0.254 e. The van der Waals surface area contributed by atoms with E-state index in [2.05, 4.69) is 5.16 Å². The standard InChI is InChI=1S/C21H22ClN3O5/c22-20-12-19(30-23-20)13-24(21(28)11-8-16-6-9-18(27)10-7-16)25(15-26)29-14-17-4-2-1-3-5-17/h1-7,9-10,15,19,27H,8,11-14H2. The van der Waals surface area contributed by atoms with E-state index in [0.29, 0.717) is 24.4 Å². The summed E-state index contributed by atoms with van der Waals surface area (Å²) in [6.07, 6.45) is 0.875. The van der Waals surface area contributed by atoms with Crippen LogP contribution in [0.2, 0.25) is 0 Å². The summed E-state index contributed by atoms with van der Waals surface area (Å²) in [7, 11) is 0. The summed E-state index contributed by atoms with van der Waals surface area (Å²) in [5.41, 5.74) is 1.73. The summed E-state index contributed by atoms with van der Waals surface area (Å²) in [5, 5.41) is 15.5. The minimum Gasteiger partial charge on any atom is -0.508 e. The first-order valence-electron chi connectivity index (χ1n) is 9.43. The molecule has 1 N–H and O–H groups in total. The van der Waals surface area contributed by atoms with E-state index in [1.165, 1.54) is 5.01 Å². The molecule has 2 aromatic rings. The van der Waals surface area contributed by atoms with Crippen LogP contribution in [0.5, 0.6) is 5.75 Å². The largest absolute Gasteiger partial charge is 0.508 e. The first-order valence-corrected chi connectivity index (χ1v) is 9.80. The number of hydrazine groups is 1. The number of benzene rings is 2. The van der Waals surface area contributed by atoms with Crippen LogP contribution in [0.3, 0.4) is 0 Å². The molecule has 1 aliphatic rings. The molecule has 1 heterocycles. The maximum Gasteiger partial charge on any atom is 0.254 e. The molecule has 0 aromatic heterocycles. The average molecular weight is 432 g/mol. The summed E-state index contributed by atoms with van der Waals surface area (Å²) in [4.78, 5) is 35.4. The average Bonchev–Trinajstić information content (AvgIpc) is 3.18. The molecule has 8 nitrogen and oxygen atoms in total. The first-order chi connectivity index (χ1) is 14.5. The molecule has 2 amide bonds. The molecule has 0 saturated heterocycles. The fraction of sp³-hybridized carbons (Fsp3) is 0.286. The zero-order valence-electron chi connectivity index (χ0n) is 16.2. The molecule has 9 heteroatoms. The predicted octanol–water partition coefficient (Wildman–Crippen LogP) is 3.00. The molecule has 2 aromatic carbocycles. The second-order valence-electron chi connectivity index (χ2n) is 6.71. The van der Waals surface area contributed by atoms with Gasteiger partial charge in [0.2, 0.25) is 5.91 Å². The zero-order valence-corrected chi connectivity index (χ0v) is 16.9. The van der Waals surface area contributed by atoms with E-state index in [9.17, 15) is 14.7 Å². The van der Waals surface area contributed by atoms with Crippen molar-refractivity contribution in [1.82, 2.24) is 10.2 Å². The highest BCUT2D eigenvalue weighted by Gasteiger charge is 2.29. The van der Waals surface area contributed by atoms with Crippen molar-refractivity contribution in [3.8, 4) is 5.75 Å². The van der Waals surface area contributed by atoms with Crippen molar-refractivity contribution in [2.45, 2.75) is 32.0 Å². The number of rotatable bonds is 10. The van der Waals surface area contributed by atoms with Crippen LogP contribution in [0.4, 0.5) is 0 Å². The third-order valence-electron chi connectivity index (χ3n) is 4.46. The van der Waals surface area contributed by atoms with E-state index < -0.39 is 6.10 Å². The lowest BCUT2D eigenvalue weighted by Crippen LogP contribution is -2.49. The van der Waals surface area contributed by atoms with Gasteiger partial charge < -0.3 is 9.94 Å². The van der Waals surface area contributed by atoms with E-state index in [0.717, 1.165) is 16.3 Å². The van der Waals surface area contributed by atoms with Crippen molar-refractivity contribution in [3.63, 3.8) is 0 Å². The molecule has 0 radical (unpaired) electrons. The van der Waals surface area contributed by atoms with Gasteiger partial charge in [-0.25, -0.2) is 9.85 Å². The molecular weight excluding hydrogens is 410 g/mol. The molecule has 0 bridgehead atoms. The number of oxime groups is 1. The topological polar surface area (TPSA) is 91.7 Å². The summed E-state index contributed by atoms with van der Waals surface area (Å²) in [6, 6.07) is 15.9. The van der Waals surface area contributed by atoms with Gasteiger partial charge in [0, 0.05) is 12.8 Å². The first kappa shape index (κ1) is 21.6. The predicted molar refractivity (Wildman–Crippen MR) is 110 cm³/mol. The van der Waals surface area contributed by atoms with E-state index >= 15 is 0 Å². The highest BCUT2D eigenvalue weighted by molar-refractivity contribution is 6.65. The Bertz CT molecular complexity index is 876. The van der Waals surface area contributed by atoms with Crippen molar-refractivity contribution < 1.29 is 24.4 Å². The van der Waals surface area contributed by atoms with Gasteiger partial charge in [-0.3, -0.25) is 9.59 Å². The number of carbonyl (C=O) groups is 2. The Morgan fingerprint density at radius 1 is 1.20 bits per heavy atom. The molecule has 0 saturated carbocycles. The molecular formula is C21H22ClN3O5. The fourth-order valence-electron chi connectivity index (χ4n) is 2.89. The molecule has 0 spiro atoms. The molecule has 0 fully saturated rings. The van der Waals surface area contributed by atoms with Crippen LogP contribution in [0.25, 0.3) is 0 Å². The normalized spacial score (nSPS) is 15.2. The highest BCUT2D eigenvalue weighted by atomic mass is 35.5. The second kappa shape index (κ2) is 10.6. The second-order valence-corrected chi connectivity index (χ2v) is 7.14. The van der Waals surface area contributed by atoms with Gasteiger partial charge in [-0.05, 0) is 29.7 Å². The van der Waals surface area contributed by atoms with Gasteiger partial charge in [-0.15, -0.1) is 5.17 Å². The summed E-state index contributed by atoms with van der Waals surface area (Å²) in [5.74, 6) is -0.168. The van der Waals surface area contributed by atoms with E-state index in [4.69, 9.17) is 21.3 Å². The lowest BCUT2D eigenvalue weighted by molar-refractivity contribution is -0.263. The third kappa shape index (κ3) is 6.20. The maximum atomic E-state index is 12.9.